The van der Waals surface area contributed by atoms with E-state index in [0.717, 1.165) is 29.4 Å². The quantitative estimate of drug-likeness (QED) is 0.784. The molecule has 0 unspecified atom stereocenters. The Bertz CT molecular complexity index is 422. The lowest BCUT2D eigenvalue weighted by Gasteiger charge is -2.08. The van der Waals surface area contributed by atoms with E-state index in [0.29, 0.717) is 0 Å². The summed E-state index contributed by atoms with van der Waals surface area (Å²) in [6, 6.07) is 5.97. The summed E-state index contributed by atoms with van der Waals surface area (Å²) in [6.07, 6.45) is 2.56. The summed E-state index contributed by atoms with van der Waals surface area (Å²) >= 11 is 0. The van der Waals surface area contributed by atoms with Gasteiger partial charge in [0.2, 0.25) is 0 Å². The standard InChI is InChI=1S/C14H16O2/c1-11-4-7-14(16-10-12-5-6-12)13(9-11)3-2-8-15/h4,7,9,12,15H,5-6,8,10H2,1H3. The molecule has 0 aromatic heterocycles. The van der Waals surface area contributed by atoms with E-state index in [1.54, 1.807) is 0 Å². The van der Waals surface area contributed by atoms with Crippen LogP contribution in [0.15, 0.2) is 18.2 Å². The van der Waals surface area contributed by atoms with E-state index in [4.69, 9.17) is 9.84 Å². The van der Waals surface area contributed by atoms with Gasteiger partial charge in [-0.05, 0) is 43.4 Å². The molecule has 1 saturated carbocycles. The van der Waals surface area contributed by atoms with Crippen LogP contribution in [0.1, 0.15) is 24.0 Å². The van der Waals surface area contributed by atoms with Crippen molar-refractivity contribution in [1.29, 1.82) is 0 Å². The molecule has 1 N–H and O–H groups in total. The Hall–Kier alpha value is -1.46. The molecule has 0 spiro atoms. The molecular formula is C14H16O2. The van der Waals surface area contributed by atoms with Gasteiger partial charge in [0.05, 0.1) is 12.2 Å². The Labute approximate surface area is 96.3 Å². The summed E-state index contributed by atoms with van der Waals surface area (Å²) in [4.78, 5) is 0. The zero-order chi connectivity index (χ0) is 11.4. The van der Waals surface area contributed by atoms with Gasteiger partial charge in [0.1, 0.15) is 12.4 Å². The van der Waals surface area contributed by atoms with Gasteiger partial charge in [-0.2, -0.15) is 0 Å². The molecule has 16 heavy (non-hydrogen) atoms. The molecule has 84 valence electrons. The predicted octanol–water partition coefficient (Wildman–Crippen LogP) is 2.13. The maximum absolute atomic E-state index is 8.70. The van der Waals surface area contributed by atoms with Crippen molar-refractivity contribution in [3.8, 4) is 17.6 Å². The summed E-state index contributed by atoms with van der Waals surface area (Å²) in [5.74, 6) is 7.15. The van der Waals surface area contributed by atoms with E-state index in [2.05, 4.69) is 11.8 Å². The summed E-state index contributed by atoms with van der Waals surface area (Å²) < 4.78 is 5.73. The van der Waals surface area contributed by atoms with Crippen molar-refractivity contribution in [1.82, 2.24) is 0 Å². The highest BCUT2D eigenvalue weighted by atomic mass is 16.5. The molecule has 0 aliphatic heterocycles. The average molecular weight is 216 g/mol. The second-order valence-corrected chi connectivity index (χ2v) is 4.21. The first kappa shape index (κ1) is 11.0. The van der Waals surface area contributed by atoms with Crippen LogP contribution < -0.4 is 4.74 Å². The SMILES string of the molecule is Cc1ccc(OCC2CC2)c(C#CCO)c1. The topological polar surface area (TPSA) is 29.5 Å². The highest BCUT2D eigenvalue weighted by Gasteiger charge is 2.22. The fourth-order valence-electron chi connectivity index (χ4n) is 1.49. The lowest BCUT2D eigenvalue weighted by molar-refractivity contribution is 0.299. The van der Waals surface area contributed by atoms with E-state index < -0.39 is 0 Å². The normalized spacial score (nSPS) is 14.1. The molecule has 0 bridgehead atoms. The maximum atomic E-state index is 8.70. The predicted molar refractivity (Wildman–Crippen MR) is 63.4 cm³/mol. The lowest BCUT2D eigenvalue weighted by atomic mass is 10.1. The molecule has 1 fully saturated rings. The Morgan fingerprint density at radius 2 is 2.25 bits per heavy atom. The molecule has 0 amide bonds. The Morgan fingerprint density at radius 3 is 2.94 bits per heavy atom. The minimum Gasteiger partial charge on any atom is -0.492 e. The van der Waals surface area contributed by atoms with Gasteiger partial charge in [0.25, 0.3) is 0 Å². The fourth-order valence-corrected chi connectivity index (χ4v) is 1.49. The number of rotatable bonds is 3. The summed E-state index contributed by atoms with van der Waals surface area (Å²) in [7, 11) is 0. The fraction of sp³-hybridized carbons (Fsp3) is 0.429. The van der Waals surface area contributed by atoms with Gasteiger partial charge >= 0.3 is 0 Å². The summed E-state index contributed by atoms with van der Waals surface area (Å²) in [5, 5.41) is 8.70. The molecule has 2 nitrogen and oxygen atoms in total. The molecule has 1 aliphatic carbocycles. The van der Waals surface area contributed by atoms with E-state index in [-0.39, 0.29) is 6.61 Å². The van der Waals surface area contributed by atoms with Crippen molar-refractivity contribution >= 4 is 0 Å². The molecule has 0 radical (unpaired) electrons. The van der Waals surface area contributed by atoms with Crippen LogP contribution in [0, 0.1) is 24.7 Å². The molecule has 0 saturated heterocycles. The number of aliphatic hydroxyl groups excluding tert-OH is 1. The first-order valence-electron chi connectivity index (χ1n) is 5.63. The van der Waals surface area contributed by atoms with Crippen LogP contribution in [0.25, 0.3) is 0 Å². The number of benzene rings is 1. The van der Waals surface area contributed by atoms with Gasteiger partial charge in [-0.1, -0.05) is 17.9 Å². The van der Waals surface area contributed by atoms with Crippen molar-refractivity contribution in [3.63, 3.8) is 0 Å². The van der Waals surface area contributed by atoms with Crippen molar-refractivity contribution < 1.29 is 9.84 Å². The third-order valence-electron chi connectivity index (χ3n) is 2.61. The minimum atomic E-state index is -0.115. The smallest absolute Gasteiger partial charge is 0.134 e. The van der Waals surface area contributed by atoms with E-state index in [9.17, 15) is 0 Å². The van der Waals surface area contributed by atoms with Crippen LogP contribution in [-0.2, 0) is 0 Å². The first-order valence-corrected chi connectivity index (χ1v) is 5.63. The molecular weight excluding hydrogens is 200 g/mol. The highest BCUT2D eigenvalue weighted by molar-refractivity contribution is 5.48. The van der Waals surface area contributed by atoms with Crippen molar-refractivity contribution in [3.05, 3.63) is 29.3 Å². The van der Waals surface area contributed by atoms with Crippen LogP contribution in [0.4, 0.5) is 0 Å². The number of hydrogen-bond donors (Lipinski definition) is 1. The van der Waals surface area contributed by atoms with Crippen LogP contribution in [0.5, 0.6) is 5.75 Å². The molecule has 1 aliphatic rings. The van der Waals surface area contributed by atoms with Crippen LogP contribution in [0.2, 0.25) is 0 Å². The second-order valence-electron chi connectivity index (χ2n) is 4.21. The third kappa shape index (κ3) is 3.01. The Kier molecular flexibility index (Phi) is 3.48. The van der Waals surface area contributed by atoms with Crippen LogP contribution in [0.3, 0.4) is 0 Å². The molecule has 0 heterocycles. The van der Waals surface area contributed by atoms with Crippen molar-refractivity contribution in [2.24, 2.45) is 5.92 Å². The molecule has 1 aromatic carbocycles. The maximum Gasteiger partial charge on any atom is 0.134 e. The monoisotopic (exact) mass is 216 g/mol. The molecule has 0 atom stereocenters. The van der Waals surface area contributed by atoms with Crippen LogP contribution in [-0.4, -0.2) is 18.3 Å². The van der Waals surface area contributed by atoms with E-state index >= 15 is 0 Å². The van der Waals surface area contributed by atoms with Crippen molar-refractivity contribution in [2.45, 2.75) is 19.8 Å². The van der Waals surface area contributed by atoms with E-state index in [1.165, 1.54) is 12.8 Å². The second kappa shape index (κ2) is 5.05. The number of hydrogen-bond acceptors (Lipinski definition) is 2. The molecule has 1 aromatic rings. The summed E-state index contributed by atoms with van der Waals surface area (Å²) in [6.45, 7) is 2.70. The van der Waals surface area contributed by atoms with Gasteiger partial charge in [0.15, 0.2) is 0 Å². The average Bonchev–Trinajstić information content (AvgIpc) is 3.09. The minimum absolute atomic E-state index is 0.115. The number of ether oxygens (including phenoxy) is 1. The number of aryl methyl sites for hydroxylation is 1. The summed E-state index contributed by atoms with van der Waals surface area (Å²) in [5.41, 5.74) is 2.02. The van der Waals surface area contributed by atoms with Gasteiger partial charge in [0, 0.05) is 0 Å². The number of aliphatic hydroxyl groups is 1. The van der Waals surface area contributed by atoms with E-state index in [1.807, 2.05) is 25.1 Å². The van der Waals surface area contributed by atoms with Gasteiger partial charge in [-0.3, -0.25) is 0 Å². The zero-order valence-electron chi connectivity index (χ0n) is 9.49. The van der Waals surface area contributed by atoms with Gasteiger partial charge < -0.3 is 9.84 Å². The van der Waals surface area contributed by atoms with Gasteiger partial charge in [-0.15, -0.1) is 0 Å². The Morgan fingerprint density at radius 1 is 1.44 bits per heavy atom. The molecule has 2 rings (SSSR count). The lowest BCUT2D eigenvalue weighted by Crippen LogP contribution is -2.00. The van der Waals surface area contributed by atoms with Crippen LogP contribution >= 0.6 is 0 Å². The third-order valence-corrected chi connectivity index (χ3v) is 2.61. The Balaban J connectivity index is 2.13. The molecule has 2 heteroatoms. The first-order chi connectivity index (χ1) is 7.79. The zero-order valence-corrected chi connectivity index (χ0v) is 9.49. The highest BCUT2D eigenvalue weighted by Crippen LogP contribution is 2.30. The van der Waals surface area contributed by atoms with Crippen molar-refractivity contribution in [2.75, 3.05) is 13.2 Å². The van der Waals surface area contributed by atoms with Gasteiger partial charge in [-0.25, -0.2) is 0 Å². The largest absolute Gasteiger partial charge is 0.492 e.